The Morgan fingerprint density at radius 1 is 1.09 bits per heavy atom. The Hall–Kier alpha value is -3.28. The molecule has 1 saturated heterocycles. The molecule has 0 amide bonds. The van der Waals surface area contributed by atoms with Crippen molar-refractivity contribution in [3.05, 3.63) is 65.7 Å². The van der Waals surface area contributed by atoms with Crippen LogP contribution in [0.1, 0.15) is 36.9 Å². The highest BCUT2D eigenvalue weighted by Gasteiger charge is 2.15. The number of anilines is 2. The number of fused-ring (bicyclic) bond motifs is 1. The summed E-state index contributed by atoms with van der Waals surface area (Å²) in [5.74, 6) is 1.74. The van der Waals surface area contributed by atoms with Crippen LogP contribution >= 0.6 is 0 Å². The molecular formula is C26H34N6. The molecule has 1 aromatic heterocycles. The molecule has 1 atom stereocenters. The largest absolute Gasteiger partial charge is 0.372 e. The van der Waals surface area contributed by atoms with Gasteiger partial charge < -0.3 is 20.4 Å². The molecule has 2 N–H and O–H groups in total. The number of guanidine groups is 1. The maximum absolute atomic E-state index is 4.76. The second kappa shape index (κ2) is 9.90. The Morgan fingerprint density at radius 2 is 1.88 bits per heavy atom. The molecule has 0 saturated carbocycles. The van der Waals surface area contributed by atoms with E-state index in [-0.39, 0.29) is 6.04 Å². The molecule has 0 spiro atoms. The number of hydrogen-bond donors (Lipinski definition) is 2. The number of aliphatic imine (C=N–C) groups is 1. The van der Waals surface area contributed by atoms with Gasteiger partial charge in [0.25, 0.3) is 0 Å². The molecule has 1 unspecified atom stereocenters. The zero-order valence-electron chi connectivity index (χ0n) is 19.6. The van der Waals surface area contributed by atoms with Crippen molar-refractivity contribution in [3.8, 4) is 0 Å². The fraction of sp³-hybridized carbons (Fsp3) is 0.385. The van der Waals surface area contributed by atoms with Crippen LogP contribution in [0.3, 0.4) is 0 Å². The molecular weight excluding hydrogens is 396 g/mol. The number of benzene rings is 2. The molecule has 0 bridgehead atoms. The summed E-state index contributed by atoms with van der Waals surface area (Å²) >= 11 is 0. The number of hydrogen-bond acceptors (Lipinski definition) is 4. The minimum atomic E-state index is 0.148. The maximum atomic E-state index is 4.76. The SMILES string of the molecule is CN=C(NCc1cc(N(C)C)nc2ccccc12)NC(C)c1cccc(N2CCCC2)c1. The first-order chi connectivity index (χ1) is 15.5. The fourth-order valence-electron chi connectivity index (χ4n) is 4.24. The third-order valence-electron chi connectivity index (χ3n) is 6.11. The van der Waals surface area contributed by atoms with Crippen molar-refractivity contribution in [2.75, 3.05) is 44.0 Å². The van der Waals surface area contributed by atoms with Gasteiger partial charge >= 0.3 is 0 Å². The first-order valence-electron chi connectivity index (χ1n) is 11.4. The predicted octanol–water partition coefficient (Wildman–Crippen LogP) is 4.33. The molecule has 4 rings (SSSR count). The Morgan fingerprint density at radius 3 is 2.62 bits per heavy atom. The molecule has 1 fully saturated rings. The van der Waals surface area contributed by atoms with Crippen LogP contribution in [-0.2, 0) is 6.54 Å². The van der Waals surface area contributed by atoms with Gasteiger partial charge in [-0.25, -0.2) is 4.98 Å². The molecule has 1 aliphatic rings. The lowest BCUT2D eigenvalue weighted by atomic mass is 10.1. The minimum absolute atomic E-state index is 0.148. The highest BCUT2D eigenvalue weighted by Crippen LogP contribution is 2.24. The van der Waals surface area contributed by atoms with Gasteiger partial charge in [0.05, 0.1) is 11.6 Å². The first-order valence-corrected chi connectivity index (χ1v) is 11.4. The number of nitrogens with zero attached hydrogens (tertiary/aromatic N) is 4. The lowest BCUT2D eigenvalue weighted by Crippen LogP contribution is -2.38. The zero-order valence-corrected chi connectivity index (χ0v) is 19.6. The Bertz CT molecular complexity index is 1080. The predicted molar refractivity (Wildman–Crippen MR) is 136 cm³/mol. The summed E-state index contributed by atoms with van der Waals surface area (Å²) in [6.45, 7) is 5.17. The number of pyridine rings is 1. The van der Waals surface area contributed by atoms with Crippen molar-refractivity contribution in [1.82, 2.24) is 15.6 Å². The van der Waals surface area contributed by atoms with E-state index in [1.54, 1.807) is 0 Å². The normalized spacial score (nSPS) is 15.1. The summed E-state index contributed by atoms with van der Waals surface area (Å²) in [6.07, 6.45) is 2.57. The molecule has 6 heteroatoms. The van der Waals surface area contributed by atoms with Crippen molar-refractivity contribution in [1.29, 1.82) is 0 Å². The lowest BCUT2D eigenvalue weighted by molar-refractivity contribution is 0.685. The van der Waals surface area contributed by atoms with Gasteiger partial charge in [-0.05, 0) is 55.2 Å². The molecule has 1 aliphatic heterocycles. The zero-order chi connectivity index (χ0) is 22.5. The van der Waals surface area contributed by atoms with E-state index >= 15 is 0 Å². The summed E-state index contributed by atoms with van der Waals surface area (Å²) in [5, 5.41) is 8.21. The third-order valence-corrected chi connectivity index (χ3v) is 6.11. The van der Waals surface area contributed by atoms with Crippen LogP contribution < -0.4 is 20.4 Å². The monoisotopic (exact) mass is 430 g/mol. The summed E-state index contributed by atoms with van der Waals surface area (Å²) < 4.78 is 0. The van der Waals surface area contributed by atoms with Gasteiger partial charge in [-0.15, -0.1) is 0 Å². The van der Waals surface area contributed by atoms with E-state index in [1.165, 1.54) is 29.7 Å². The van der Waals surface area contributed by atoms with Gasteiger partial charge in [0.2, 0.25) is 0 Å². The smallest absolute Gasteiger partial charge is 0.191 e. The van der Waals surface area contributed by atoms with Gasteiger partial charge in [0, 0.05) is 51.9 Å². The average Bonchev–Trinajstić information content (AvgIpc) is 3.36. The van der Waals surface area contributed by atoms with Crippen LogP contribution in [0.25, 0.3) is 10.9 Å². The quantitative estimate of drug-likeness (QED) is 0.450. The first kappa shape index (κ1) is 21.9. The van der Waals surface area contributed by atoms with E-state index in [0.717, 1.165) is 35.8 Å². The summed E-state index contributed by atoms with van der Waals surface area (Å²) in [6, 6.07) is 19.4. The highest BCUT2D eigenvalue weighted by molar-refractivity contribution is 5.85. The van der Waals surface area contributed by atoms with Gasteiger partial charge in [-0.1, -0.05) is 30.3 Å². The maximum Gasteiger partial charge on any atom is 0.191 e. The Labute approximate surface area is 191 Å². The van der Waals surface area contributed by atoms with E-state index in [9.17, 15) is 0 Å². The second-order valence-electron chi connectivity index (χ2n) is 8.63. The fourth-order valence-corrected chi connectivity index (χ4v) is 4.24. The summed E-state index contributed by atoms with van der Waals surface area (Å²) in [4.78, 5) is 13.7. The van der Waals surface area contributed by atoms with Crippen LogP contribution in [0, 0.1) is 0 Å². The van der Waals surface area contributed by atoms with Crippen LogP contribution in [0.2, 0.25) is 0 Å². The Kier molecular flexibility index (Phi) is 6.78. The van der Waals surface area contributed by atoms with E-state index in [4.69, 9.17) is 4.98 Å². The van der Waals surface area contributed by atoms with Crippen molar-refractivity contribution < 1.29 is 0 Å². The third kappa shape index (κ3) is 4.96. The Balaban J connectivity index is 1.46. The summed E-state index contributed by atoms with van der Waals surface area (Å²) in [7, 11) is 5.86. The number of para-hydroxylation sites is 1. The van der Waals surface area contributed by atoms with Gasteiger partial charge in [-0.2, -0.15) is 0 Å². The van der Waals surface area contributed by atoms with Gasteiger partial charge in [-0.3, -0.25) is 4.99 Å². The topological polar surface area (TPSA) is 55.8 Å². The number of nitrogens with one attached hydrogen (secondary N) is 2. The van der Waals surface area contributed by atoms with E-state index in [2.05, 4.69) is 76.0 Å². The van der Waals surface area contributed by atoms with Crippen LogP contribution in [-0.4, -0.2) is 45.2 Å². The number of aromatic nitrogens is 1. The number of rotatable bonds is 6. The second-order valence-corrected chi connectivity index (χ2v) is 8.63. The molecule has 168 valence electrons. The molecule has 2 heterocycles. The molecule has 0 aliphatic carbocycles. The standard InChI is InChI=1S/C26H34N6/c1-19(20-10-9-11-22(16-20)32-14-7-8-15-32)29-26(27-2)28-18-21-17-25(31(3)4)30-24-13-6-5-12-23(21)24/h5-6,9-13,16-17,19H,7-8,14-15,18H2,1-4H3,(H2,27,28,29). The summed E-state index contributed by atoms with van der Waals surface area (Å²) in [5.41, 5.74) is 4.79. The van der Waals surface area contributed by atoms with Crippen molar-refractivity contribution >= 4 is 28.4 Å². The molecule has 6 nitrogen and oxygen atoms in total. The van der Waals surface area contributed by atoms with E-state index in [1.807, 2.05) is 32.1 Å². The van der Waals surface area contributed by atoms with E-state index < -0.39 is 0 Å². The van der Waals surface area contributed by atoms with Gasteiger partial charge in [0.15, 0.2) is 5.96 Å². The van der Waals surface area contributed by atoms with Crippen LogP contribution in [0.15, 0.2) is 59.6 Å². The molecule has 2 aromatic carbocycles. The molecule has 32 heavy (non-hydrogen) atoms. The van der Waals surface area contributed by atoms with Crippen molar-refractivity contribution in [2.24, 2.45) is 4.99 Å². The molecule has 3 aromatic rings. The van der Waals surface area contributed by atoms with Gasteiger partial charge in [0.1, 0.15) is 5.82 Å². The average molecular weight is 431 g/mol. The molecule has 0 radical (unpaired) electrons. The van der Waals surface area contributed by atoms with Crippen molar-refractivity contribution in [3.63, 3.8) is 0 Å². The van der Waals surface area contributed by atoms with Crippen LogP contribution in [0.4, 0.5) is 11.5 Å². The highest BCUT2D eigenvalue weighted by atomic mass is 15.2. The van der Waals surface area contributed by atoms with E-state index in [0.29, 0.717) is 6.54 Å². The van der Waals surface area contributed by atoms with Crippen LogP contribution in [0.5, 0.6) is 0 Å². The van der Waals surface area contributed by atoms with Crippen molar-refractivity contribution in [2.45, 2.75) is 32.4 Å². The lowest BCUT2D eigenvalue weighted by Gasteiger charge is -2.22. The minimum Gasteiger partial charge on any atom is -0.372 e.